The maximum Gasteiger partial charge on any atom is 0.336 e. The zero-order valence-electron chi connectivity index (χ0n) is 14.4. The minimum absolute atomic E-state index is 0.209. The van der Waals surface area contributed by atoms with Crippen LogP contribution in [-0.4, -0.2) is 47.1 Å². The van der Waals surface area contributed by atoms with Gasteiger partial charge in [0.05, 0.1) is 15.4 Å². The highest BCUT2D eigenvalue weighted by molar-refractivity contribution is 5.92. The molecule has 0 atom stereocenters. The van der Waals surface area contributed by atoms with Crippen LogP contribution in [0.4, 0.5) is 27.1 Å². The number of carboxylic acids is 1. The minimum Gasteiger partial charge on any atom is -0.478 e. The van der Waals surface area contributed by atoms with E-state index in [-0.39, 0.29) is 24.6 Å². The van der Waals surface area contributed by atoms with E-state index in [4.69, 9.17) is 5.11 Å². The number of hydrogen-bond acceptors (Lipinski definition) is 7. The summed E-state index contributed by atoms with van der Waals surface area (Å²) in [5.41, 5.74) is -1.21. The Labute approximate surface area is 157 Å². The number of anilines is 2. The average molecular weight is 390 g/mol. The molecule has 2 aromatic carbocycles. The number of halogens is 1. The fraction of sp³-hybridized carbons (Fsp3) is 0.235. The van der Waals surface area contributed by atoms with Crippen LogP contribution < -0.4 is 9.80 Å². The monoisotopic (exact) mass is 390 g/mol. The van der Waals surface area contributed by atoms with Crippen molar-refractivity contribution in [3.63, 3.8) is 0 Å². The second kappa shape index (κ2) is 7.47. The molecule has 0 aliphatic carbocycles. The van der Waals surface area contributed by atoms with Gasteiger partial charge in [-0.1, -0.05) is 0 Å². The van der Waals surface area contributed by atoms with E-state index in [2.05, 4.69) is 0 Å². The van der Waals surface area contributed by atoms with Crippen LogP contribution >= 0.6 is 0 Å². The Morgan fingerprint density at radius 2 is 1.39 bits per heavy atom. The Morgan fingerprint density at radius 1 is 0.929 bits per heavy atom. The normalized spacial score (nSPS) is 14.0. The summed E-state index contributed by atoms with van der Waals surface area (Å²) in [6.07, 6.45) is 0. The molecular formula is C17H15FN4O6. The zero-order chi connectivity index (χ0) is 20.4. The smallest absolute Gasteiger partial charge is 0.336 e. The Balaban J connectivity index is 1.93. The second-order valence-electron chi connectivity index (χ2n) is 6.13. The molecule has 0 bridgehead atoms. The lowest BCUT2D eigenvalue weighted by molar-refractivity contribution is -0.392. The lowest BCUT2D eigenvalue weighted by Crippen LogP contribution is -2.47. The molecule has 11 heteroatoms. The molecule has 1 N–H and O–H groups in total. The summed E-state index contributed by atoms with van der Waals surface area (Å²) in [5, 5.41) is 32.0. The average Bonchev–Trinajstić information content (AvgIpc) is 2.67. The highest BCUT2D eigenvalue weighted by Crippen LogP contribution is 2.39. The van der Waals surface area contributed by atoms with Crippen molar-refractivity contribution in [1.29, 1.82) is 0 Å². The predicted octanol–water partition coefficient (Wildman–Crippen LogP) is 2.67. The first-order chi connectivity index (χ1) is 13.3. The quantitative estimate of drug-likeness (QED) is 0.609. The van der Waals surface area contributed by atoms with Gasteiger partial charge in [0.1, 0.15) is 5.82 Å². The second-order valence-corrected chi connectivity index (χ2v) is 6.13. The third-order valence-electron chi connectivity index (χ3n) is 4.50. The van der Waals surface area contributed by atoms with Crippen molar-refractivity contribution in [2.45, 2.75) is 0 Å². The number of rotatable bonds is 5. The lowest BCUT2D eigenvalue weighted by Gasteiger charge is -2.36. The molecule has 1 saturated heterocycles. The van der Waals surface area contributed by atoms with Gasteiger partial charge in [-0.3, -0.25) is 20.2 Å². The van der Waals surface area contributed by atoms with Crippen molar-refractivity contribution in [3.05, 3.63) is 68.0 Å². The highest BCUT2D eigenvalue weighted by atomic mass is 19.1. The first-order valence-corrected chi connectivity index (χ1v) is 8.23. The fourth-order valence-electron chi connectivity index (χ4n) is 3.17. The van der Waals surface area contributed by atoms with Gasteiger partial charge in [-0.15, -0.1) is 0 Å². The fourth-order valence-corrected chi connectivity index (χ4v) is 3.17. The molecule has 146 valence electrons. The molecule has 1 heterocycles. The standard InChI is InChI=1S/C17H15FN4O6/c18-12-1-3-13(4-2-12)19-5-7-20(8-6-19)16-14(21(25)26)9-11(17(23)24)10-15(16)22(27)28/h1-4,9-10H,5-8H2,(H,23,24). The van der Waals surface area contributed by atoms with Crippen LogP contribution in [0.2, 0.25) is 0 Å². The highest BCUT2D eigenvalue weighted by Gasteiger charge is 2.34. The van der Waals surface area contributed by atoms with E-state index in [1.807, 2.05) is 4.90 Å². The number of nitro groups is 2. The number of carbonyl (C=O) groups is 1. The number of nitrogens with zero attached hydrogens (tertiary/aromatic N) is 4. The maximum absolute atomic E-state index is 13.1. The van der Waals surface area contributed by atoms with Crippen LogP contribution in [0, 0.1) is 26.0 Å². The van der Waals surface area contributed by atoms with E-state index >= 15 is 0 Å². The first-order valence-electron chi connectivity index (χ1n) is 8.23. The van der Waals surface area contributed by atoms with Gasteiger partial charge in [0.25, 0.3) is 0 Å². The topological polar surface area (TPSA) is 130 Å². The molecule has 0 radical (unpaired) electrons. The van der Waals surface area contributed by atoms with Crippen molar-refractivity contribution < 1.29 is 24.1 Å². The van der Waals surface area contributed by atoms with Gasteiger partial charge in [0.2, 0.25) is 0 Å². The number of carboxylic acid groups (broad SMARTS) is 1. The van der Waals surface area contributed by atoms with Crippen LogP contribution in [-0.2, 0) is 0 Å². The maximum atomic E-state index is 13.1. The van der Waals surface area contributed by atoms with Gasteiger partial charge >= 0.3 is 17.3 Å². The number of benzene rings is 2. The van der Waals surface area contributed by atoms with Gasteiger partial charge in [0.15, 0.2) is 5.69 Å². The molecule has 1 aliphatic heterocycles. The van der Waals surface area contributed by atoms with Gasteiger partial charge in [-0.2, -0.15) is 0 Å². The predicted molar refractivity (Wildman–Crippen MR) is 97.5 cm³/mol. The molecule has 28 heavy (non-hydrogen) atoms. The SMILES string of the molecule is O=C(O)c1cc([N+](=O)[O-])c(N2CCN(c3ccc(F)cc3)CC2)c([N+](=O)[O-])c1. The molecular weight excluding hydrogens is 375 g/mol. The molecule has 0 unspecified atom stereocenters. The summed E-state index contributed by atoms with van der Waals surface area (Å²) in [5.74, 6) is -1.86. The number of nitro benzene ring substituents is 2. The van der Waals surface area contributed by atoms with E-state index in [1.54, 1.807) is 12.1 Å². The summed E-state index contributed by atoms with van der Waals surface area (Å²) >= 11 is 0. The van der Waals surface area contributed by atoms with E-state index < -0.39 is 32.8 Å². The van der Waals surface area contributed by atoms with Crippen LogP contribution in [0.3, 0.4) is 0 Å². The van der Waals surface area contributed by atoms with Crippen molar-refractivity contribution >= 4 is 28.7 Å². The van der Waals surface area contributed by atoms with E-state index in [0.29, 0.717) is 13.1 Å². The number of aromatic carboxylic acids is 1. The summed E-state index contributed by atoms with van der Waals surface area (Å²) in [4.78, 5) is 35.9. The van der Waals surface area contributed by atoms with Gasteiger partial charge in [-0.25, -0.2) is 9.18 Å². The summed E-state index contributed by atoms with van der Waals surface area (Å²) in [6.45, 7) is 1.29. The van der Waals surface area contributed by atoms with Crippen molar-refractivity contribution in [1.82, 2.24) is 0 Å². The van der Waals surface area contributed by atoms with Crippen LogP contribution in [0.5, 0.6) is 0 Å². The zero-order valence-corrected chi connectivity index (χ0v) is 14.4. The van der Waals surface area contributed by atoms with Crippen molar-refractivity contribution in [2.24, 2.45) is 0 Å². The third kappa shape index (κ3) is 3.68. The van der Waals surface area contributed by atoms with Gasteiger partial charge < -0.3 is 14.9 Å². The molecule has 10 nitrogen and oxygen atoms in total. The summed E-state index contributed by atoms with van der Waals surface area (Å²) in [6, 6.07) is 7.52. The number of piperazine rings is 1. The molecule has 0 amide bonds. The third-order valence-corrected chi connectivity index (χ3v) is 4.50. The molecule has 2 aromatic rings. The lowest BCUT2D eigenvalue weighted by atomic mass is 10.1. The van der Waals surface area contributed by atoms with Crippen molar-refractivity contribution in [3.8, 4) is 0 Å². The molecule has 0 aromatic heterocycles. The minimum atomic E-state index is -1.49. The number of hydrogen-bond donors (Lipinski definition) is 1. The molecule has 1 aliphatic rings. The molecule has 0 saturated carbocycles. The van der Waals surface area contributed by atoms with Crippen LogP contribution in [0.15, 0.2) is 36.4 Å². The Bertz CT molecular complexity index is 906. The van der Waals surface area contributed by atoms with Gasteiger partial charge in [0, 0.05) is 44.0 Å². The first kappa shape index (κ1) is 19.0. The van der Waals surface area contributed by atoms with Gasteiger partial charge in [-0.05, 0) is 24.3 Å². The Hall–Kier alpha value is -3.76. The Kier molecular flexibility index (Phi) is 5.07. The summed E-state index contributed by atoms with van der Waals surface area (Å²) in [7, 11) is 0. The van der Waals surface area contributed by atoms with E-state index in [1.165, 1.54) is 17.0 Å². The molecule has 1 fully saturated rings. The van der Waals surface area contributed by atoms with E-state index in [9.17, 15) is 29.4 Å². The molecule has 3 rings (SSSR count). The van der Waals surface area contributed by atoms with E-state index in [0.717, 1.165) is 17.8 Å². The molecule has 0 spiro atoms. The summed E-state index contributed by atoms with van der Waals surface area (Å²) < 4.78 is 13.1. The van der Waals surface area contributed by atoms with Crippen LogP contribution in [0.1, 0.15) is 10.4 Å². The van der Waals surface area contributed by atoms with Crippen LogP contribution in [0.25, 0.3) is 0 Å². The Morgan fingerprint density at radius 3 is 1.82 bits per heavy atom. The largest absolute Gasteiger partial charge is 0.478 e. The van der Waals surface area contributed by atoms with Crippen molar-refractivity contribution in [2.75, 3.05) is 36.0 Å².